The Kier molecular flexibility index (Phi) is 2.20. The van der Waals surface area contributed by atoms with Crippen LogP contribution in [0.3, 0.4) is 0 Å². The molecule has 0 aromatic carbocycles. The Bertz CT molecular complexity index is 565. The van der Waals surface area contributed by atoms with E-state index in [9.17, 15) is 9.59 Å². The number of rotatable bonds is 2. The van der Waals surface area contributed by atoms with Crippen molar-refractivity contribution < 1.29 is 0 Å². The lowest BCUT2D eigenvalue weighted by Crippen LogP contribution is -2.30. The lowest BCUT2D eigenvalue weighted by molar-refractivity contribution is 0.633. The number of hydrogen-bond donors (Lipinski definition) is 1. The van der Waals surface area contributed by atoms with Crippen LogP contribution in [-0.2, 0) is 13.6 Å². The van der Waals surface area contributed by atoms with E-state index in [0.717, 1.165) is 0 Å². The van der Waals surface area contributed by atoms with Crippen LogP contribution in [-0.4, -0.2) is 24.5 Å². The highest BCUT2D eigenvalue weighted by Crippen LogP contribution is 1.91. The SMILES string of the molecule is Cn1cc(Cn2ccnn2)c(=O)[nH]c1=O. The summed E-state index contributed by atoms with van der Waals surface area (Å²) in [6.45, 7) is 0.295. The van der Waals surface area contributed by atoms with Crippen LogP contribution in [0.15, 0.2) is 28.2 Å². The van der Waals surface area contributed by atoms with Crippen molar-refractivity contribution >= 4 is 0 Å². The molecule has 0 aliphatic carbocycles. The summed E-state index contributed by atoms with van der Waals surface area (Å²) in [4.78, 5) is 24.7. The average Bonchev–Trinajstić information content (AvgIpc) is 2.67. The Labute approximate surface area is 84.0 Å². The first-order valence-electron chi connectivity index (χ1n) is 4.30. The summed E-state index contributed by atoms with van der Waals surface area (Å²) in [6.07, 6.45) is 4.66. The number of hydrogen-bond acceptors (Lipinski definition) is 4. The highest BCUT2D eigenvalue weighted by Gasteiger charge is 2.03. The maximum Gasteiger partial charge on any atom is 0.328 e. The molecule has 0 fully saturated rings. The Morgan fingerprint density at radius 1 is 1.47 bits per heavy atom. The van der Waals surface area contributed by atoms with Gasteiger partial charge in [-0.3, -0.25) is 9.78 Å². The number of aryl methyl sites for hydroxylation is 1. The summed E-state index contributed by atoms with van der Waals surface area (Å²) in [7, 11) is 1.57. The zero-order chi connectivity index (χ0) is 10.8. The third-order valence-corrected chi connectivity index (χ3v) is 1.99. The van der Waals surface area contributed by atoms with Gasteiger partial charge in [-0.05, 0) is 0 Å². The van der Waals surface area contributed by atoms with Gasteiger partial charge in [-0.25, -0.2) is 9.48 Å². The molecule has 0 radical (unpaired) electrons. The van der Waals surface area contributed by atoms with Crippen LogP contribution in [0.1, 0.15) is 5.56 Å². The lowest BCUT2D eigenvalue weighted by atomic mass is 10.3. The molecule has 0 saturated carbocycles. The summed E-state index contributed by atoms with van der Waals surface area (Å²) in [5.41, 5.74) is -0.362. The Morgan fingerprint density at radius 3 is 2.93 bits per heavy atom. The quantitative estimate of drug-likeness (QED) is 0.664. The van der Waals surface area contributed by atoms with Crippen LogP contribution in [0.5, 0.6) is 0 Å². The van der Waals surface area contributed by atoms with Gasteiger partial charge in [0.1, 0.15) is 0 Å². The van der Waals surface area contributed by atoms with Crippen LogP contribution < -0.4 is 11.2 Å². The van der Waals surface area contributed by atoms with Gasteiger partial charge in [0.25, 0.3) is 5.56 Å². The normalized spacial score (nSPS) is 10.5. The predicted octanol–water partition coefficient (Wildman–Crippen LogP) is -1.29. The highest BCUT2D eigenvalue weighted by molar-refractivity contribution is 5.04. The second-order valence-electron chi connectivity index (χ2n) is 3.13. The van der Waals surface area contributed by atoms with E-state index in [0.29, 0.717) is 12.1 Å². The van der Waals surface area contributed by atoms with E-state index in [1.165, 1.54) is 21.6 Å². The Morgan fingerprint density at radius 2 is 2.27 bits per heavy atom. The topological polar surface area (TPSA) is 85.6 Å². The summed E-state index contributed by atoms with van der Waals surface area (Å²) >= 11 is 0. The smallest absolute Gasteiger partial charge is 0.303 e. The molecule has 0 aliphatic heterocycles. The fraction of sp³-hybridized carbons (Fsp3) is 0.250. The van der Waals surface area contributed by atoms with E-state index in [1.807, 2.05) is 0 Å². The monoisotopic (exact) mass is 207 g/mol. The molecule has 2 heterocycles. The predicted molar refractivity (Wildman–Crippen MR) is 51.4 cm³/mol. The van der Waals surface area contributed by atoms with E-state index in [4.69, 9.17) is 0 Å². The summed E-state index contributed by atoms with van der Waals surface area (Å²) < 4.78 is 2.82. The summed E-state index contributed by atoms with van der Waals surface area (Å²) in [5, 5.41) is 7.35. The fourth-order valence-corrected chi connectivity index (χ4v) is 1.22. The van der Waals surface area contributed by atoms with Gasteiger partial charge >= 0.3 is 5.69 Å². The molecular formula is C8H9N5O2. The average molecular weight is 207 g/mol. The second kappa shape index (κ2) is 3.52. The van der Waals surface area contributed by atoms with Crippen molar-refractivity contribution in [1.29, 1.82) is 0 Å². The van der Waals surface area contributed by atoms with Crippen LogP contribution >= 0.6 is 0 Å². The molecule has 1 N–H and O–H groups in total. The standard InChI is InChI=1S/C8H9N5O2/c1-12-4-6(7(14)10-8(12)15)5-13-3-2-9-11-13/h2-4H,5H2,1H3,(H,10,14,15). The first-order chi connectivity index (χ1) is 7.16. The van der Waals surface area contributed by atoms with Gasteiger partial charge < -0.3 is 4.57 Å². The van der Waals surface area contributed by atoms with Crippen LogP contribution in [0.25, 0.3) is 0 Å². The Balaban J connectivity index is 2.42. The van der Waals surface area contributed by atoms with E-state index >= 15 is 0 Å². The molecule has 0 saturated heterocycles. The number of H-pyrrole nitrogens is 1. The van der Waals surface area contributed by atoms with Crippen molar-refractivity contribution in [3.05, 3.63) is 45.0 Å². The van der Waals surface area contributed by atoms with Gasteiger partial charge in [0.15, 0.2) is 0 Å². The van der Waals surface area contributed by atoms with Crippen molar-refractivity contribution in [2.45, 2.75) is 6.54 Å². The van der Waals surface area contributed by atoms with E-state index in [1.54, 1.807) is 13.2 Å². The molecule has 2 rings (SSSR count). The number of nitrogens with one attached hydrogen (secondary N) is 1. The van der Waals surface area contributed by atoms with Crippen LogP contribution in [0, 0.1) is 0 Å². The maximum atomic E-state index is 11.4. The van der Waals surface area contributed by atoms with Gasteiger partial charge in [0.05, 0.1) is 18.3 Å². The molecule has 78 valence electrons. The first kappa shape index (κ1) is 9.38. The zero-order valence-electron chi connectivity index (χ0n) is 8.04. The molecule has 2 aromatic heterocycles. The van der Waals surface area contributed by atoms with Crippen molar-refractivity contribution in [3.8, 4) is 0 Å². The van der Waals surface area contributed by atoms with Gasteiger partial charge in [-0.1, -0.05) is 5.21 Å². The van der Waals surface area contributed by atoms with Crippen LogP contribution in [0.4, 0.5) is 0 Å². The van der Waals surface area contributed by atoms with Crippen molar-refractivity contribution in [2.24, 2.45) is 7.05 Å². The minimum absolute atomic E-state index is 0.295. The number of nitrogens with zero attached hydrogens (tertiary/aromatic N) is 4. The minimum atomic E-state index is -0.428. The van der Waals surface area contributed by atoms with Gasteiger partial charge in [0.2, 0.25) is 0 Å². The fourth-order valence-electron chi connectivity index (χ4n) is 1.22. The molecule has 2 aromatic rings. The second-order valence-corrected chi connectivity index (χ2v) is 3.13. The number of aromatic nitrogens is 5. The molecule has 0 aliphatic rings. The van der Waals surface area contributed by atoms with Crippen molar-refractivity contribution in [2.75, 3.05) is 0 Å². The van der Waals surface area contributed by atoms with Gasteiger partial charge in [-0.15, -0.1) is 5.10 Å². The molecule has 0 unspecified atom stereocenters. The molecule has 0 atom stereocenters. The molecule has 7 heteroatoms. The minimum Gasteiger partial charge on any atom is -0.303 e. The third-order valence-electron chi connectivity index (χ3n) is 1.99. The highest BCUT2D eigenvalue weighted by atomic mass is 16.2. The molecule has 0 spiro atoms. The molecule has 0 bridgehead atoms. The molecule has 7 nitrogen and oxygen atoms in total. The Hall–Kier alpha value is -2.18. The molecular weight excluding hydrogens is 198 g/mol. The van der Waals surface area contributed by atoms with Crippen molar-refractivity contribution in [1.82, 2.24) is 24.5 Å². The lowest BCUT2D eigenvalue weighted by Gasteiger charge is -2.01. The molecule has 15 heavy (non-hydrogen) atoms. The summed E-state index contributed by atoms with van der Waals surface area (Å²) in [5.74, 6) is 0. The van der Waals surface area contributed by atoms with Gasteiger partial charge in [-0.2, -0.15) is 0 Å². The third kappa shape index (κ3) is 1.85. The largest absolute Gasteiger partial charge is 0.328 e. The molecule has 0 amide bonds. The van der Waals surface area contributed by atoms with E-state index < -0.39 is 11.2 Å². The van der Waals surface area contributed by atoms with Gasteiger partial charge in [0, 0.05) is 19.4 Å². The maximum absolute atomic E-state index is 11.4. The first-order valence-corrected chi connectivity index (χ1v) is 4.30. The summed E-state index contributed by atoms with van der Waals surface area (Å²) in [6, 6.07) is 0. The van der Waals surface area contributed by atoms with Crippen molar-refractivity contribution in [3.63, 3.8) is 0 Å². The zero-order valence-corrected chi connectivity index (χ0v) is 8.04. The van der Waals surface area contributed by atoms with Crippen LogP contribution in [0.2, 0.25) is 0 Å². The van der Waals surface area contributed by atoms with E-state index in [-0.39, 0.29) is 0 Å². The number of aromatic amines is 1. The van der Waals surface area contributed by atoms with E-state index in [2.05, 4.69) is 15.3 Å².